The molecule has 0 aromatic rings. The van der Waals surface area contributed by atoms with Crippen LogP contribution < -0.4 is 22.1 Å². The van der Waals surface area contributed by atoms with Crippen molar-refractivity contribution in [3.63, 3.8) is 0 Å². The first-order valence-corrected chi connectivity index (χ1v) is 9.26. The molecule has 7 nitrogen and oxygen atoms in total. The highest BCUT2D eigenvalue weighted by Gasteiger charge is 2.26. The quantitative estimate of drug-likeness (QED) is 0.368. The SMILES string of the molecule is CC(C)C[C@H](NC(=O)CCCCCN)C(=O)N[C@H](CC(C)C)C(N)=O. The van der Waals surface area contributed by atoms with E-state index in [0.717, 1.165) is 19.3 Å². The van der Waals surface area contributed by atoms with Gasteiger partial charge >= 0.3 is 0 Å². The molecular weight excluding hydrogens is 320 g/mol. The van der Waals surface area contributed by atoms with Crippen molar-refractivity contribution in [2.45, 2.75) is 78.3 Å². The Morgan fingerprint density at radius 1 is 0.840 bits per heavy atom. The lowest BCUT2D eigenvalue weighted by molar-refractivity contribution is -0.132. The maximum absolute atomic E-state index is 12.5. The number of rotatable bonds is 13. The molecule has 7 heteroatoms. The monoisotopic (exact) mass is 356 g/mol. The van der Waals surface area contributed by atoms with E-state index in [-0.39, 0.29) is 23.7 Å². The van der Waals surface area contributed by atoms with Gasteiger partial charge in [0.05, 0.1) is 0 Å². The molecule has 0 aliphatic carbocycles. The van der Waals surface area contributed by atoms with Crippen LogP contribution in [0.15, 0.2) is 0 Å². The summed E-state index contributed by atoms with van der Waals surface area (Å²) in [6, 6.07) is -1.38. The largest absolute Gasteiger partial charge is 0.368 e. The second-order valence-electron chi connectivity index (χ2n) is 7.44. The Bertz CT molecular complexity index is 425. The third-order valence-electron chi connectivity index (χ3n) is 3.83. The maximum atomic E-state index is 12.5. The van der Waals surface area contributed by atoms with Gasteiger partial charge in [0.25, 0.3) is 0 Å². The molecule has 6 N–H and O–H groups in total. The molecule has 0 aromatic heterocycles. The highest BCUT2D eigenvalue weighted by atomic mass is 16.2. The predicted molar refractivity (Wildman–Crippen MR) is 99.5 cm³/mol. The molecule has 0 aliphatic heterocycles. The molecule has 0 aromatic carbocycles. The molecule has 0 saturated heterocycles. The Morgan fingerprint density at radius 3 is 1.88 bits per heavy atom. The van der Waals surface area contributed by atoms with Crippen molar-refractivity contribution in [2.75, 3.05) is 6.54 Å². The summed E-state index contributed by atoms with van der Waals surface area (Å²) in [6.07, 6.45) is 3.88. The van der Waals surface area contributed by atoms with E-state index in [1.165, 1.54) is 0 Å². The number of nitrogens with one attached hydrogen (secondary N) is 2. The number of hydrogen-bond donors (Lipinski definition) is 4. The Balaban J connectivity index is 4.73. The van der Waals surface area contributed by atoms with Crippen LogP contribution in [0.5, 0.6) is 0 Å². The van der Waals surface area contributed by atoms with Gasteiger partial charge in [0.2, 0.25) is 17.7 Å². The van der Waals surface area contributed by atoms with Gasteiger partial charge in [-0.2, -0.15) is 0 Å². The lowest BCUT2D eigenvalue weighted by Gasteiger charge is -2.24. The number of hydrogen-bond acceptors (Lipinski definition) is 4. The van der Waals surface area contributed by atoms with E-state index >= 15 is 0 Å². The molecule has 146 valence electrons. The minimum Gasteiger partial charge on any atom is -0.368 e. The van der Waals surface area contributed by atoms with Crippen LogP contribution in [-0.2, 0) is 14.4 Å². The van der Waals surface area contributed by atoms with Gasteiger partial charge in [0.1, 0.15) is 12.1 Å². The molecule has 0 fully saturated rings. The predicted octanol–water partition coefficient (Wildman–Crippen LogP) is 1.05. The number of primary amides is 1. The van der Waals surface area contributed by atoms with E-state index in [4.69, 9.17) is 11.5 Å². The zero-order valence-corrected chi connectivity index (χ0v) is 16.1. The van der Waals surface area contributed by atoms with Gasteiger partial charge in [-0.15, -0.1) is 0 Å². The lowest BCUT2D eigenvalue weighted by Crippen LogP contribution is -2.53. The van der Waals surface area contributed by atoms with Gasteiger partial charge in [-0.05, 0) is 44.1 Å². The van der Waals surface area contributed by atoms with Gasteiger partial charge < -0.3 is 22.1 Å². The number of unbranched alkanes of at least 4 members (excludes halogenated alkanes) is 2. The molecule has 25 heavy (non-hydrogen) atoms. The van der Waals surface area contributed by atoms with Crippen molar-refractivity contribution < 1.29 is 14.4 Å². The van der Waals surface area contributed by atoms with Gasteiger partial charge in [0.15, 0.2) is 0 Å². The van der Waals surface area contributed by atoms with E-state index < -0.39 is 18.0 Å². The summed E-state index contributed by atoms with van der Waals surface area (Å²) < 4.78 is 0. The van der Waals surface area contributed by atoms with Gasteiger partial charge in [-0.1, -0.05) is 34.1 Å². The Labute approximate surface area is 151 Å². The first-order valence-electron chi connectivity index (χ1n) is 9.26. The highest BCUT2D eigenvalue weighted by Crippen LogP contribution is 2.09. The van der Waals surface area contributed by atoms with Crippen LogP contribution in [0.3, 0.4) is 0 Å². The average Bonchev–Trinajstić information content (AvgIpc) is 2.49. The molecule has 0 spiro atoms. The van der Waals surface area contributed by atoms with E-state index in [1.807, 2.05) is 27.7 Å². The number of nitrogens with two attached hydrogens (primary N) is 2. The number of amides is 3. The molecule has 0 heterocycles. The fraction of sp³-hybridized carbons (Fsp3) is 0.833. The number of carbonyl (C=O) groups excluding carboxylic acids is 3. The standard InChI is InChI=1S/C18H36N4O3/c1-12(2)10-14(17(20)24)22-18(25)15(11-13(3)4)21-16(23)8-6-5-7-9-19/h12-15H,5-11,19H2,1-4H3,(H2,20,24)(H,21,23)(H,22,25)/t14-,15+/m1/s1. The van der Waals surface area contributed by atoms with Crippen LogP contribution in [-0.4, -0.2) is 36.3 Å². The maximum Gasteiger partial charge on any atom is 0.243 e. The molecule has 2 atom stereocenters. The van der Waals surface area contributed by atoms with Crippen LogP contribution in [0.1, 0.15) is 66.2 Å². The summed E-state index contributed by atoms with van der Waals surface area (Å²) >= 11 is 0. The zero-order chi connectivity index (χ0) is 19.4. The van der Waals surface area contributed by atoms with Gasteiger partial charge in [-0.3, -0.25) is 14.4 Å². The summed E-state index contributed by atoms with van der Waals surface area (Å²) in [4.78, 5) is 36.2. The van der Waals surface area contributed by atoms with Crippen molar-refractivity contribution in [3.05, 3.63) is 0 Å². The smallest absolute Gasteiger partial charge is 0.243 e. The van der Waals surface area contributed by atoms with Crippen molar-refractivity contribution in [1.82, 2.24) is 10.6 Å². The highest BCUT2D eigenvalue weighted by molar-refractivity contribution is 5.91. The molecule has 0 aliphatic rings. The molecule has 0 saturated carbocycles. The van der Waals surface area contributed by atoms with Gasteiger partial charge in [0, 0.05) is 6.42 Å². The Morgan fingerprint density at radius 2 is 1.40 bits per heavy atom. The molecule has 0 unspecified atom stereocenters. The number of carbonyl (C=O) groups is 3. The second-order valence-corrected chi connectivity index (χ2v) is 7.44. The summed E-state index contributed by atoms with van der Waals surface area (Å²) in [5, 5.41) is 5.48. The third kappa shape index (κ3) is 11.5. The van der Waals surface area contributed by atoms with Crippen LogP contribution in [0.25, 0.3) is 0 Å². The van der Waals surface area contributed by atoms with Crippen molar-refractivity contribution in [3.8, 4) is 0 Å². The van der Waals surface area contributed by atoms with Crippen LogP contribution >= 0.6 is 0 Å². The third-order valence-corrected chi connectivity index (χ3v) is 3.83. The van der Waals surface area contributed by atoms with E-state index in [2.05, 4.69) is 10.6 Å². The minimum absolute atomic E-state index is 0.155. The second kappa shape index (κ2) is 12.7. The van der Waals surface area contributed by atoms with Crippen molar-refractivity contribution >= 4 is 17.7 Å². The molecule has 0 bridgehead atoms. The normalized spacial score (nSPS) is 13.6. The molecular formula is C18H36N4O3. The fourth-order valence-electron chi connectivity index (χ4n) is 2.57. The summed E-state index contributed by atoms with van der Waals surface area (Å²) in [6.45, 7) is 8.48. The first-order chi connectivity index (χ1) is 11.7. The Hall–Kier alpha value is -1.63. The van der Waals surface area contributed by atoms with E-state index in [1.54, 1.807) is 0 Å². The molecule has 3 amide bonds. The zero-order valence-electron chi connectivity index (χ0n) is 16.1. The van der Waals surface area contributed by atoms with Crippen LogP contribution in [0, 0.1) is 11.8 Å². The summed E-state index contributed by atoms with van der Waals surface area (Å²) in [5.74, 6) is -0.617. The summed E-state index contributed by atoms with van der Waals surface area (Å²) in [5.41, 5.74) is 10.8. The van der Waals surface area contributed by atoms with Crippen LogP contribution in [0.4, 0.5) is 0 Å². The summed E-state index contributed by atoms with van der Waals surface area (Å²) in [7, 11) is 0. The lowest BCUT2D eigenvalue weighted by atomic mass is 10.00. The topological polar surface area (TPSA) is 127 Å². The van der Waals surface area contributed by atoms with E-state index in [9.17, 15) is 14.4 Å². The first kappa shape index (κ1) is 23.4. The molecule has 0 rings (SSSR count). The average molecular weight is 357 g/mol. The van der Waals surface area contributed by atoms with Crippen LogP contribution in [0.2, 0.25) is 0 Å². The van der Waals surface area contributed by atoms with E-state index in [0.29, 0.717) is 25.8 Å². The minimum atomic E-state index is -0.719. The van der Waals surface area contributed by atoms with Crippen molar-refractivity contribution in [1.29, 1.82) is 0 Å². The van der Waals surface area contributed by atoms with Crippen molar-refractivity contribution in [2.24, 2.45) is 23.3 Å². The van der Waals surface area contributed by atoms with Gasteiger partial charge in [-0.25, -0.2) is 0 Å². The fourth-order valence-corrected chi connectivity index (χ4v) is 2.57. The Kier molecular flexibility index (Phi) is 11.9. The molecule has 0 radical (unpaired) electrons.